The summed E-state index contributed by atoms with van der Waals surface area (Å²) in [4.78, 5) is 22.6. The molecule has 0 aliphatic heterocycles. The Morgan fingerprint density at radius 1 is 1.35 bits per heavy atom. The molecule has 1 amide bonds. The minimum Gasteiger partial charge on any atom is -0.497 e. The van der Waals surface area contributed by atoms with Gasteiger partial charge >= 0.3 is 0 Å². The van der Waals surface area contributed by atoms with Crippen molar-refractivity contribution in [3.8, 4) is 17.1 Å². The number of methoxy groups -OCH3 is 1. The van der Waals surface area contributed by atoms with Crippen LogP contribution in [-0.2, 0) is 0 Å². The molecule has 1 heterocycles. The van der Waals surface area contributed by atoms with Crippen LogP contribution in [0.2, 0.25) is 0 Å². The van der Waals surface area contributed by atoms with Gasteiger partial charge in [-0.15, -0.1) is 0 Å². The van der Waals surface area contributed by atoms with E-state index in [2.05, 4.69) is 5.32 Å². The number of carbonyl (C=O) groups is 1. The Morgan fingerprint density at radius 2 is 2.09 bits per heavy atom. The molecule has 7 nitrogen and oxygen atoms in total. The highest BCUT2D eigenvalue weighted by Crippen LogP contribution is 2.34. The third-order valence-electron chi connectivity index (χ3n) is 3.17. The highest BCUT2D eigenvalue weighted by molar-refractivity contribution is 5.92. The van der Waals surface area contributed by atoms with Crippen molar-refractivity contribution in [2.75, 3.05) is 13.7 Å². The average molecular weight is 318 g/mol. The summed E-state index contributed by atoms with van der Waals surface area (Å²) in [5.74, 6) is 0.721. The zero-order chi connectivity index (χ0) is 17.0. The summed E-state index contributed by atoms with van der Waals surface area (Å²) >= 11 is 0. The molecule has 0 fully saturated rings. The highest BCUT2D eigenvalue weighted by atomic mass is 16.6. The Kier molecular flexibility index (Phi) is 5.00. The lowest BCUT2D eigenvalue weighted by atomic mass is 10.1. The van der Waals surface area contributed by atoms with E-state index in [9.17, 15) is 14.9 Å². The zero-order valence-electron chi connectivity index (χ0n) is 13.2. The predicted molar refractivity (Wildman–Crippen MR) is 84.5 cm³/mol. The van der Waals surface area contributed by atoms with E-state index in [-0.39, 0.29) is 23.1 Å². The molecule has 0 radical (unpaired) electrons. The number of carbonyl (C=O) groups excluding carboxylic acids is 1. The molecule has 7 heteroatoms. The van der Waals surface area contributed by atoms with E-state index >= 15 is 0 Å². The smallest absolute Gasteiger partial charge is 0.287 e. The molecule has 0 aliphatic carbocycles. The van der Waals surface area contributed by atoms with Gasteiger partial charge in [0.05, 0.1) is 23.7 Å². The molecule has 23 heavy (non-hydrogen) atoms. The lowest BCUT2D eigenvalue weighted by Crippen LogP contribution is -2.26. The van der Waals surface area contributed by atoms with E-state index in [1.54, 1.807) is 12.1 Å². The number of nitrogens with one attached hydrogen (secondary N) is 1. The normalized spacial score (nSPS) is 10.6. The van der Waals surface area contributed by atoms with Gasteiger partial charge in [0.25, 0.3) is 11.6 Å². The number of hydrogen-bond donors (Lipinski definition) is 1. The lowest BCUT2D eigenvalue weighted by molar-refractivity contribution is -0.384. The molecule has 0 aliphatic rings. The van der Waals surface area contributed by atoms with Crippen LogP contribution in [0, 0.1) is 16.0 Å². The van der Waals surface area contributed by atoms with Crippen LogP contribution in [0.3, 0.4) is 0 Å². The molecule has 122 valence electrons. The van der Waals surface area contributed by atoms with Gasteiger partial charge in [-0.3, -0.25) is 14.9 Å². The van der Waals surface area contributed by atoms with Gasteiger partial charge in [-0.1, -0.05) is 13.8 Å². The molecular weight excluding hydrogens is 300 g/mol. The number of nitro benzene ring substituents is 1. The number of nitro groups is 1. The number of furan rings is 1. The van der Waals surface area contributed by atoms with Crippen molar-refractivity contribution in [1.29, 1.82) is 0 Å². The Morgan fingerprint density at radius 3 is 2.70 bits per heavy atom. The predicted octanol–water partition coefficient (Wildman–Crippen LogP) is 3.25. The summed E-state index contributed by atoms with van der Waals surface area (Å²) in [6, 6.07) is 7.49. The first-order chi connectivity index (χ1) is 10.9. The van der Waals surface area contributed by atoms with E-state index in [0.29, 0.717) is 23.8 Å². The van der Waals surface area contributed by atoms with Gasteiger partial charge in [0.1, 0.15) is 11.5 Å². The molecule has 0 bridgehead atoms. The fourth-order valence-corrected chi connectivity index (χ4v) is 1.99. The van der Waals surface area contributed by atoms with E-state index in [0.717, 1.165) is 0 Å². The summed E-state index contributed by atoms with van der Waals surface area (Å²) in [6.45, 7) is 4.49. The maximum absolute atomic E-state index is 12.0. The number of ether oxygens (including phenoxy) is 1. The van der Waals surface area contributed by atoms with E-state index in [4.69, 9.17) is 9.15 Å². The minimum atomic E-state index is -0.515. The second kappa shape index (κ2) is 6.95. The number of hydrogen-bond acceptors (Lipinski definition) is 5. The summed E-state index contributed by atoms with van der Waals surface area (Å²) in [7, 11) is 1.43. The number of rotatable bonds is 6. The van der Waals surface area contributed by atoms with Gasteiger partial charge in [-0.05, 0) is 30.2 Å². The molecule has 1 aromatic heterocycles. The van der Waals surface area contributed by atoms with Crippen LogP contribution in [0.15, 0.2) is 34.7 Å². The third kappa shape index (κ3) is 3.88. The molecule has 2 rings (SSSR count). The van der Waals surface area contributed by atoms with Crippen LogP contribution in [-0.4, -0.2) is 24.5 Å². The largest absolute Gasteiger partial charge is 0.497 e. The minimum absolute atomic E-state index is 0.116. The number of amides is 1. The monoisotopic (exact) mass is 318 g/mol. The first kappa shape index (κ1) is 16.5. The van der Waals surface area contributed by atoms with Gasteiger partial charge in [-0.2, -0.15) is 0 Å². The Balaban J connectivity index is 2.30. The Labute approximate surface area is 133 Å². The summed E-state index contributed by atoms with van der Waals surface area (Å²) in [5.41, 5.74) is 0.145. The summed E-state index contributed by atoms with van der Waals surface area (Å²) in [5, 5.41) is 13.9. The molecule has 1 N–H and O–H groups in total. The van der Waals surface area contributed by atoms with Crippen molar-refractivity contribution in [2.45, 2.75) is 13.8 Å². The van der Waals surface area contributed by atoms with Crippen molar-refractivity contribution in [3.05, 3.63) is 46.2 Å². The van der Waals surface area contributed by atoms with Crippen LogP contribution in [0.5, 0.6) is 5.75 Å². The summed E-state index contributed by atoms with van der Waals surface area (Å²) in [6.07, 6.45) is 0. The van der Waals surface area contributed by atoms with Crippen LogP contribution < -0.4 is 10.1 Å². The number of benzene rings is 1. The summed E-state index contributed by atoms with van der Waals surface area (Å²) < 4.78 is 10.5. The first-order valence-electron chi connectivity index (χ1n) is 7.13. The van der Waals surface area contributed by atoms with Crippen LogP contribution in [0.25, 0.3) is 11.3 Å². The van der Waals surface area contributed by atoms with Crippen LogP contribution in [0.4, 0.5) is 5.69 Å². The Hall–Kier alpha value is -2.83. The van der Waals surface area contributed by atoms with Gasteiger partial charge in [0, 0.05) is 6.54 Å². The molecule has 0 atom stereocenters. The molecule has 2 aromatic rings. The van der Waals surface area contributed by atoms with Crippen molar-refractivity contribution in [3.63, 3.8) is 0 Å². The molecule has 1 aromatic carbocycles. The van der Waals surface area contributed by atoms with Gasteiger partial charge in [0.2, 0.25) is 0 Å². The molecule has 0 saturated carbocycles. The third-order valence-corrected chi connectivity index (χ3v) is 3.17. The van der Waals surface area contributed by atoms with Crippen molar-refractivity contribution in [1.82, 2.24) is 5.32 Å². The maximum Gasteiger partial charge on any atom is 0.287 e. The standard InChI is InChI=1S/C16H18N2O5/c1-10(2)9-17-16(19)15-7-6-14(23-15)12-5-4-11(22-3)8-13(12)18(20)21/h4-8,10H,9H2,1-3H3,(H,17,19). The van der Waals surface area contributed by atoms with Crippen LogP contribution in [0.1, 0.15) is 24.4 Å². The second-order valence-corrected chi connectivity index (χ2v) is 5.41. The second-order valence-electron chi connectivity index (χ2n) is 5.41. The van der Waals surface area contributed by atoms with Crippen LogP contribution >= 0.6 is 0 Å². The molecular formula is C16H18N2O5. The van der Waals surface area contributed by atoms with E-state index in [1.807, 2.05) is 13.8 Å². The number of nitrogens with zero attached hydrogens (tertiary/aromatic N) is 1. The molecule has 0 saturated heterocycles. The molecule has 0 unspecified atom stereocenters. The van der Waals surface area contributed by atoms with Crippen molar-refractivity contribution >= 4 is 11.6 Å². The Bertz CT molecular complexity index is 721. The molecule has 0 spiro atoms. The maximum atomic E-state index is 12.0. The fraction of sp³-hybridized carbons (Fsp3) is 0.312. The SMILES string of the molecule is COc1ccc(-c2ccc(C(=O)NCC(C)C)o2)c([N+](=O)[O-])c1. The van der Waals surface area contributed by atoms with E-state index in [1.165, 1.54) is 25.3 Å². The quantitative estimate of drug-likeness (QED) is 0.651. The van der Waals surface area contributed by atoms with Gasteiger partial charge in [-0.25, -0.2) is 0 Å². The van der Waals surface area contributed by atoms with Gasteiger partial charge < -0.3 is 14.5 Å². The first-order valence-corrected chi connectivity index (χ1v) is 7.13. The highest BCUT2D eigenvalue weighted by Gasteiger charge is 2.20. The topological polar surface area (TPSA) is 94.6 Å². The van der Waals surface area contributed by atoms with Crippen molar-refractivity contribution in [2.24, 2.45) is 5.92 Å². The fourth-order valence-electron chi connectivity index (χ4n) is 1.99. The van der Waals surface area contributed by atoms with Crippen molar-refractivity contribution < 1.29 is 18.9 Å². The van der Waals surface area contributed by atoms with E-state index < -0.39 is 4.92 Å². The zero-order valence-corrected chi connectivity index (χ0v) is 13.2. The average Bonchev–Trinajstić information content (AvgIpc) is 3.01. The van der Waals surface area contributed by atoms with Gasteiger partial charge in [0.15, 0.2) is 5.76 Å². The lowest BCUT2D eigenvalue weighted by Gasteiger charge is -2.05.